The smallest absolute Gasteiger partial charge is 0.336 e. The highest BCUT2D eigenvalue weighted by molar-refractivity contribution is 7.92. The standard InChI is InChI=1S/C16H12ClNO4S/c1-10-13(17)3-2-4-14(10)18-23(20,21)12-6-7-15-11(9-12)5-8-16(19)22-15/h2-9,18H,1H3. The minimum absolute atomic E-state index is 0.0678. The van der Waals surface area contributed by atoms with Gasteiger partial charge >= 0.3 is 5.63 Å². The van der Waals surface area contributed by atoms with Gasteiger partial charge in [0.2, 0.25) is 0 Å². The van der Waals surface area contributed by atoms with E-state index in [1.165, 1.54) is 30.3 Å². The number of hydrogen-bond donors (Lipinski definition) is 1. The average molecular weight is 350 g/mol. The molecule has 0 radical (unpaired) electrons. The fraction of sp³-hybridized carbons (Fsp3) is 0.0625. The molecule has 0 saturated heterocycles. The van der Waals surface area contributed by atoms with Gasteiger partial charge in [0.1, 0.15) is 5.58 Å². The second-order valence-corrected chi connectivity index (χ2v) is 7.06. The van der Waals surface area contributed by atoms with E-state index in [1.807, 2.05) is 0 Å². The summed E-state index contributed by atoms with van der Waals surface area (Å²) < 4.78 is 32.6. The lowest BCUT2D eigenvalue weighted by molar-refractivity contribution is 0.560. The molecule has 5 nitrogen and oxygen atoms in total. The molecule has 1 aromatic heterocycles. The Morgan fingerprint density at radius 3 is 2.65 bits per heavy atom. The van der Waals surface area contributed by atoms with Crippen molar-refractivity contribution in [2.24, 2.45) is 0 Å². The predicted octanol–water partition coefficient (Wildman–Crippen LogP) is 3.56. The number of anilines is 1. The van der Waals surface area contributed by atoms with Crippen LogP contribution in [0.5, 0.6) is 0 Å². The van der Waals surface area contributed by atoms with Gasteiger partial charge < -0.3 is 4.42 Å². The van der Waals surface area contributed by atoms with Crippen LogP contribution in [0.2, 0.25) is 5.02 Å². The van der Waals surface area contributed by atoms with Gasteiger partial charge in [-0.1, -0.05) is 17.7 Å². The SMILES string of the molecule is Cc1c(Cl)cccc1NS(=O)(=O)c1ccc2oc(=O)ccc2c1. The van der Waals surface area contributed by atoms with E-state index in [0.29, 0.717) is 27.2 Å². The molecule has 0 amide bonds. The number of hydrogen-bond acceptors (Lipinski definition) is 4. The molecule has 118 valence electrons. The molecule has 3 rings (SSSR count). The summed E-state index contributed by atoms with van der Waals surface area (Å²) in [6.45, 7) is 1.73. The van der Waals surface area contributed by atoms with E-state index in [1.54, 1.807) is 25.1 Å². The lowest BCUT2D eigenvalue weighted by Gasteiger charge is -2.11. The largest absolute Gasteiger partial charge is 0.423 e. The first-order valence-corrected chi connectivity index (χ1v) is 8.55. The molecule has 7 heteroatoms. The van der Waals surface area contributed by atoms with Crippen molar-refractivity contribution in [2.75, 3.05) is 4.72 Å². The number of rotatable bonds is 3. The fourth-order valence-corrected chi connectivity index (χ4v) is 3.47. The summed E-state index contributed by atoms with van der Waals surface area (Å²) in [5.41, 5.74) is 0.901. The molecule has 0 aliphatic rings. The summed E-state index contributed by atoms with van der Waals surface area (Å²) in [6, 6.07) is 12.0. The van der Waals surface area contributed by atoms with Gasteiger partial charge in [-0.25, -0.2) is 13.2 Å². The second-order valence-electron chi connectivity index (χ2n) is 4.97. The van der Waals surface area contributed by atoms with Gasteiger partial charge in [0.15, 0.2) is 0 Å². The Balaban J connectivity index is 2.04. The molecule has 23 heavy (non-hydrogen) atoms. The molecule has 1 N–H and O–H groups in total. The molecule has 0 fully saturated rings. The van der Waals surface area contributed by atoms with Crippen LogP contribution >= 0.6 is 11.6 Å². The van der Waals surface area contributed by atoms with Gasteiger partial charge in [-0.3, -0.25) is 4.72 Å². The van der Waals surface area contributed by atoms with Gasteiger partial charge in [-0.05, 0) is 48.9 Å². The van der Waals surface area contributed by atoms with Crippen molar-refractivity contribution in [1.29, 1.82) is 0 Å². The summed E-state index contributed by atoms with van der Waals surface area (Å²) in [7, 11) is -3.78. The zero-order valence-corrected chi connectivity index (χ0v) is 13.6. The quantitative estimate of drug-likeness (QED) is 0.733. The molecule has 0 saturated carbocycles. The third kappa shape index (κ3) is 3.09. The number of nitrogens with one attached hydrogen (secondary N) is 1. The summed E-state index contributed by atoms with van der Waals surface area (Å²) >= 11 is 6.00. The van der Waals surface area contributed by atoms with E-state index in [-0.39, 0.29) is 4.90 Å². The van der Waals surface area contributed by atoms with Crippen molar-refractivity contribution in [3.63, 3.8) is 0 Å². The van der Waals surface area contributed by atoms with Gasteiger partial charge in [-0.2, -0.15) is 0 Å². The minimum Gasteiger partial charge on any atom is -0.423 e. The summed E-state index contributed by atoms with van der Waals surface area (Å²) in [5, 5.41) is 1.00. The third-order valence-corrected chi connectivity index (χ3v) is 5.19. The molecule has 0 atom stereocenters. The molecule has 3 aromatic rings. The first-order chi connectivity index (χ1) is 10.9. The maximum atomic E-state index is 12.5. The molecular weight excluding hydrogens is 338 g/mol. The van der Waals surface area contributed by atoms with Crippen molar-refractivity contribution in [3.05, 3.63) is 69.5 Å². The highest BCUT2D eigenvalue weighted by atomic mass is 35.5. The third-order valence-electron chi connectivity index (χ3n) is 3.41. The van der Waals surface area contributed by atoms with E-state index < -0.39 is 15.6 Å². The Morgan fingerprint density at radius 1 is 1.09 bits per heavy atom. The Morgan fingerprint density at radius 2 is 1.87 bits per heavy atom. The molecule has 0 unspecified atom stereocenters. The Kier molecular flexibility index (Phi) is 3.87. The van der Waals surface area contributed by atoms with E-state index in [0.717, 1.165) is 0 Å². The zero-order valence-electron chi connectivity index (χ0n) is 12.0. The van der Waals surface area contributed by atoms with Crippen LogP contribution in [0.1, 0.15) is 5.56 Å². The predicted molar refractivity (Wildman–Crippen MR) is 89.5 cm³/mol. The van der Waals surface area contributed by atoms with Gasteiger partial charge in [0.25, 0.3) is 10.0 Å². The van der Waals surface area contributed by atoms with Crippen LogP contribution in [-0.2, 0) is 10.0 Å². The lowest BCUT2D eigenvalue weighted by Crippen LogP contribution is -2.13. The first kappa shape index (κ1) is 15.6. The normalized spacial score (nSPS) is 11.6. The van der Waals surface area contributed by atoms with Crippen molar-refractivity contribution in [2.45, 2.75) is 11.8 Å². The van der Waals surface area contributed by atoms with Crippen LogP contribution in [0, 0.1) is 6.92 Å². The number of benzene rings is 2. The molecule has 0 bridgehead atoms. The Labute approximate surface area is 137 Å². The monoisotopic (exact) mass is 349 g/mol. The van der Waals surface area contributed by atoms with Crippen LogP contribution in [-0.4, -0.2) is 8.42 Å². The van der Waals surface area contributed by atoms with E-state index in [9.17, 15) is 13.2 Å². The first-order valence-electron chi connectivity index (χ1n) is 6.69. The fourth-order valence-electron chi connectivity index (χ4n) is 2.14. The molecule has 0 aliphatic heterocycles. The van der Waals surface area contributed by atoms with Crippen LogP contribution < -0.4 is 10.3 Å². The zero-order chi connectivity index (χ0) is 16.6. The van der Waals surface area contributed by atoms with Crippen molar-refractivity contribution in [1.82, 2.24) is 0 Å². The van der Waals surface area contributed by atoms with Crippen LogP contribution in [0.15, 0.2) is 62.6 Å². The number of halogens is 1. The topological polar surface area (TPSA) is 76.4 Å². The van der Waals surface area contributed by atoms with E-state index in [4.69, 9.17) is 16.0 Å². The molecule has 2 aromatic carbocycles. The molecule has 0 spiro atoms. The highest BCUT2D eigenvalue weighted by Gasteiger charge is 2.16. The number of fused-ring (bicyclic) bond motifs is 1. The second kappa shape index (κ2) is 5.72. The van der Waals surface area contributed by atoms with Crippen LogP contribution in [0.25, 0.3) is 11.0 Å². The van der Waals surface area contributed by atoms with Crippen LogP contribution in [0.3, 0.4) is 0 Å². The molecular formula is C16H12ClNO4S. The van der Waals surface area contributed by atoms with E-state index >= 15 is 0 Å². The van der Waals surface area contributed by atoms with Crippen LogP contribution in [0.4, 0.5) is 5.69 Å². The van der Waals surface area contributed by atoms with Gasteiger partial charge in [0, 0.05) is 16.5 Å². The summed E-state index contributed by atoms with van der Waals surface area (Å²) in [6.07, 6.45) is 0. The lowest BCUT2D eigenvalue weighted by atomic mass is 10.2. The average Bonchev–Trinajstić information content (AvgIpc) is 2.51. The molecule has 0 aliphatic carbocycles. The summed E-state index contributed by atoms with van der Waals surface area (Å²) in [5.74, 6) is 0. The maximum absolute atomic E-state index is 12.5. The van der Waals surface area contributed by atoms with Crippen molar-refractivity contribution < 1.29 is 12.8 Å². The maximum Gasteiger partial charge on any atom is 0.336 e. The van der Waals surface area contributed by atoms with Gasteiger partial charge in [0.05, 0.1) is 10.6 Å². The molecule has 1 heterocycles. The van der Waals surface area contributed by atoms with Crippen molar-refractivity contribution >= 4 is 38.3 Å². The number of sulfonamides is 1. The van der Waals surface area contributed by atoms with Crippen molar-refractivity contribution in [3.8, 4) is 0 Å². The highest BCUT2D eigenvalue weighted by Crippen LogP contribution is 2.26. The minimum atomic E-state index is -3.78. The summed E-state index contributed by atoms with van der Waals surface area (Å²) in [4.78, 5) is 11.2. The Bertz CT molecular complexity index is 1060. The van der Waals surface area contributed by atoms with Gasteiger partial charge in [-0.15, -0.1) is 0 Å². The Hall–Kier alpha value is -2.31. The van der Waals surface area contributed by atoms with E-state index in [2.05, 4.69) is 4.72 Å².